The zero-order chi connectivity index (χ0) is 4.50. The molecule has 0 bridgehead atoms. The summed E-state index contributed by atoms with van der Waals surface area (Å²) in [6.45, 7) is 0. The molecular formula is CaClO4P-2. The summed E-state index contributed by atoms with van der Waals surface area (Å²) in [6, 6.07) is 0. The number of halogens is 1. The van der Waals surface area contributed by atoms with Gasteiger partial charge in [-0.2, -0.15) is 7.82 Å². The van der Waals surface area contributed by atoms with E-state index in [0.29, 0.717) is 0 Å². The molecule has 0 spiro atoms. The minimum absolute atomic E-state index is 0. The molecule has 0 radical (unpaired) electrons. The van der Waals surface area contributed by atoms with Crippen molar-refractivity contribution in [3.8, 4) is 0 Å². The molecule has 0 rings (SSSR count). The summed E-state index contributed by atoms with van der Waals surface area (Å²) in [5.41, 5.74) is 0. The molecular weight excluding hydrogens is 171 g/mol. The van der Waals surface area contributed by atoms with E-state index in [1.165, 1.54) is 0 Å². The SMILES string of the molecule is O=P([O-])([O-])[O-].[Ca+2].[Cl-]. The third-order valence-corrected chi connectivity index (χ3v) is 0. The molecule has 0 saturated carbocycles. The Morgan fingerprint density at radius 2 is 1.14 bits per heavy atom. The summed E-state index contributed by atoms with van der Waals surface area (Å²) in [5.74, 6) is 0. The van der Waals surface area contributed by atoms with Crippen LogP contribution in [0.25, 0.3) is 0 Å². The van der Waals surface area contributed by atoms with Gasteiger partial charge in [-0.3, -0.25) is 0 Å². The van der Waals surface area contributed by atoms with Gasteiger partial charge in [-0.05, 0) is 0 Å². The number of phosphoric acid groups is 1. The number of hydrogen-bond acceptors (Lipinski definition) is 4. The van der Waals surface area contributed by atoms with Gasteiger partial charge in [-0.1, -0.05) is 0 Å². The smallest absolute Gasteiger partial charge is 1.00 e. The van der Waals surface area contributed by atoms with Crippen LogP contribution in [0.4, 0.5) is 0 Å². The van der Waals surface area contributed by atoms with Crippen LogP contribution in [-0.2, 0) is 4.57 Å². The second-order valence-corrected chi connectivity index (χ2v) is 1.34. The van der Waals surface area contributed by atoms with Crippen molar-refractivity contribution < 1.29 is 31.7 Å². The van der Waals surface area contributed by atoms with Crippen molar-refractivity contribution in [2.45, 2.75) is 0 Å². The molecule has 0 aliphatic rings. The second kappa shape index (κ2) is 5.79. The zero-order valence-corrected chi connectivity index (χ0v) is 7.02. The van der Waals surface area contributed by atoms with Gasteiger partial charge in [0.05, 0.1) is 0 Å². The summed E-state index contributed by atoms with van der Waals surface area (Å²) in [5, 5.41) is 0. The Labute approximate surface area is 76.6 Å². The van der Waals surface area contributed by atoms with Crippen LogP contribution in [0, 0.1) is 0 Å². The Balaban J connectivity index is -0.0000000800. The molecule has 0 amide bonds. The van der Waals surface area contributed by atoms with Crippen molar-refractivity contribution in [3.63, 3.8) is 0 Å². The van der Waals surface area contributed by atoms with E-state index in [2.05, 4.69) is 0 Å². The van der Waals surface area contributed by atoms with Crippen LogP contribution in [0.2, 0.25) is 0 Å². The van der Waals surface area contributed by atoms with Crippen molar-refractivity contribution in [3.05, 3.63) is 0 Å². The second-order valence-electron chi connectivity index (χ2n) is 0.447. The molecule has 0 aromatic carbocycles. The molecule has 0 unspecified atom stereocenters. The van der Waals surface area contributed by atoms with Crippen molar-refractivity contribution in [1.29, 1.82) is 0 Å². The first-order valence-electron chi connectivity index (χ1n) is 0.730. The molecule has 0 aromatic rings. The Morgan fingerprint density at radius 3 is 1.14 bits per heavy atom. The summed E-state index contributed by atoms with van der Waals surface area (Å²) in [4.78, 5) is 25.6. The predicted octanol–water partition coefficient (Wildman–Crippen LogP) is -6.20. The minimum atomic E-state index is -5.39. The van der Waals surface area contributed by atoms with Gasteiger partial charge in [0.25, 0.3) is 0 Å². The minimum Gasteiger partial charge on any atom is -1.00 e. The number of rotatable bonds is 0. The Hall–Kier alpha value is 1.66. The van der Waals surface area contributed by atoms with Crippen LogP contribution < -0.4 is 27.1 Å². The van der Waals surface area contributed by atoms with Gasteiger partial charge in [-0.15, -0.1) is 0 Å². The van der Waals surface area contributed by atoms with E-state index in [0.717, 1.165) is 0 Å². The van der Waals surface area contributed by atoms with E-state index in [4.69, 9.17) is 19.2 Å². The van der Waals surface area contributed by atoms with E-state index < -0.39 is 7.82 Å². The third kappa shape index (κ3) is 89.1. The summed E-state index contributed by atoms with van der Waals surface area (Å²) in [6.07, 6.45) is 0. The Kier molecular flexibility index (Phi) is 13.1. The fourth-order valence-corrected chi connectivity index (χ4v) is 0. The largest absolute Gasteiger partial charge is 2.00 e. The maximum Gasteiger partial charge on any atom is 2.00 e. The molecule has 0 N–H and O–H groups in total. The fourth-order valence-electron chi connectivity index (χ4n) is 0. The van der Waals surface area contributed by atoms with Crippen LogP contribution in [0.15, 0.2) is 0 Å². The first-order valence-corrected chi connectivity index (χ1v) is 2.19. The Morgan fingerprint density at radius 1 is 1.14 bits per heavy atom. The first kappa shape index (κ1) is 15.9. The predicted molar refractivity (Wildman–Crippen MR) is 13.4 cm³/mol. The van der Waals surface area contributed by atoms with Gasteiger partial charge in [0.15, 0.2) is 0 Å². The molecule has 0 aromatic heterocycles. The van der Waals surface area contributed by atoms with E-state index in [9.17, 15) is 0 Å². The van der Waals surface area contributed by atoms with Crippen LogP contribution in [0.5, 0.6) is 0 Å². The van der Waals surface area contributed by atoms with Gasteiger partial charge < -0.3 is 31.7 Å². The molecule has 0 aliphatic heterocycles. The molecule has 0 saturated heterocycles. The molecule has 0 heterocycles. The van der Waals surface area contributed by atoms with Gasteiger partial charge in [0.1, 0.15) is 0 Å². The van der Waals surface area contributed by atoms with E-state index in [-0.39, 0.29) is 50.1 Å². The monoisotopic (exact) mass is 170 g/mol. The molecule has 40 valence electrons. The van der Waals surface area contributed by atoms with E-state index >= 15 is 0 Å². The van der Waals surface area contributed by atoms with Gasteiger partial charge in [0.2, 0.25) is 0 Å². The molecule has 7 heteroatoms. The maximum absolute atomic E-state index is 8.55. The first-order chi connectivity index (χ1) is 2.00. The summed E-state index contributed by atoms with van der Waals surface area (Å²) in [7, 11) is -5.39. The van der Waals surface area contributed by atoms with E-state index in [1.54, 1.807) is 0 Å². The van der Waals surface area contributed by atoms with Crippen LogP contribution in [-0.4, -0.2) is 37.7 Å². The average Bonchev–Trinajstić information content (AvgIpc) is 0.722. The van der Waals surface area contributed by atoms with E-state index in [1.807, 2.05) is 0 Å². The molecule has 0 fully saturated rings. The summed E-state index contributed by atoms with van der Waals surface area (Å²) >= 11 is 0. The molecule has 0 atom stereocenters. The standard InChI is InChI=1S/Ca.ClH.H3O4P/c;;1-5(2,3)4/h;1H;(H3,1,2,3,4)/q+2;;/p-4. The maximum atomic E-state index is 8.55. The normalized spacial score (nSPS) is 8.43. The Bertz CT molecular complexity index is 57.8. The third-order valence-electron chi connectivity index (χ3n) is 0. The van der Waals surface area contributed by atoms with Crippen LogP contribution >= 0.6 is 7.82 Å². The van der Waals surface area contributed by atoms with Crippen molar-refractivity contribution >= 4 is 45.6 Å². The molecule has 7 heavy (non-hydrogen) atoms. The zero-order valence-electron chi connectivity index (χ0n) is 3.17. The topological polar surface area (TPSA) is 86.2 Å². The fraction of sp³-hybridized carbons (Fsp3) is 0. The summed E-state index contributed by atoms with van der Waals surface area (Å²) < 4.78 is 8.55. The quantitative estimate of drug-likeness (QED) is 0.267. The van der Waals surface area contributed by atoms with Crippen molar-refractivity contribution in [1.82, 2.24) is 0 Å². The molecule has 4 nitrogen and oxygen atoms in total. The van der Waals surface area contributed by atoms with Crippen molar-refractivity contribution in [2.24, 2.45) is 0 Å². The van der Waals surface area contributed by atoms with Gasteiger partial charge >= 0.3 is 37.7 Å². The number of hydrogen-bond donors (Lipinski definition) is 0. The molecule has 0 aliphatic carbocycles. The van der Waals surface area contributed by atoms with Crippen LogP contribution in [0.1, 0.15) is 0 Å². The van der Waals surface area contributed by atoms with Gasteiger partial charge in [-0.25, -0.2) is 0 Å². The van der Waals surface area contributed by atoms with Crippen LogP contribution in [0.3, 0.4) is 0 Å². The van der Waals surface area contributed by atoms with Crippen molar-refractivity contribution in [2.75, 3.05) is 0 Å². The van der Waals surface area contributed by atoms with Gasteiger partial charge in [0, 0.05) is 0 Å². The average molecular weight is 171 g/mol.